The normalized spacial score (nSPS) is 16.2. The summed E-state index contributed by atoms with van der Waals surface area (Å²) in [6, 6.07) is 5.51. The number of benzene rings is 1. The molecule has 0 aliphatic carbocycles. The molecule has 0 unspecified atom stereocenters. The van der Waals surface area contributed by atoms with Crippen molar-refractivity contribution in [2.45, 2.75) is 46.1 Å². The van der Waals surface area contributed by atoms with E-state index in [0.717, 1.165) is 38.9 Å². The smallest absolute Gasteiger partial charge is 0.254 e. The van der Waals surface area contributed by atoms with E-state index < -0.39 is 0 Å². The Morgan fingerprint density at radius 1 is 1.00 bits per heavy atom. The molecule has 1 heterocycles. The first kappa shape index (κ1) is 27.7. The average molecular weight is 471 g/mol. The number of rotatable bonds is 12. The van der Waals surface area contributed by atoms with E-state index in [4.69, 9.17) is 14.2 Å². The summed E-state index contributed by atoms with van der Waals surface area (Å²) in [6.45, 7) is 10.4. The summed E-state index contributed by atoms with van der Waals surface area (Å²) in [5, 5.41) is 0. The second kappa shape index (κ2) is 14.6. The first-order chi connectivity index (χ1) is 16.4. The fraction of sp³-hybridized carbons (Fsp3) is 0.536. The molecule has 1 fully saturated rings. The van der Waals surface area contributed by atoms with Gasteiger partial charge in [0.1, 0.15) is 11.5 Å². The number of ether oxygens (including phenoxy) is 3. The van der Waals surface area contributed by atoms with Gasteiger partial charge in [0.05, 0.1) is 20.8 Å². The Bertz CT molecular complexity index is 845. The van der Waals surface area contributed by atoms with Crippen molar-refractivity contribution in [1.29, 1.82) is 0 Å². The third-order valence-electron chi connectivity index (χ3n) is 6.35. The second-order valence-corrected chi connectivity index (χ2v) is 8.70. The van der Waals surface area contributed by atoms with Crippen molar-refractivity contribution >= 4 is 5.91 Å². The Morgan fingerprint density at radius 3 is 2.12 bits per heavy atom. The molecule has 0 aromatic heterocycles. The molecule has 1 amide bonds. The molecule has 1 aromatic carbocycles. The number of likely N-dealkylation sites (tertiary alicyclic amines) is 1. The Hall–Kier alpha value is -2.57. The van der Waals surface area contributed by atoms with Crippen LogP contribution in [0.4, 0.5) is 0 Å². The highest BCUT2D eigenvalue weighted by molar-refractivity contribution is 5.95. The zero-order valence-corrected chi connectivity index (χ0v) is 21.8. The number of allylic oxidation sites excluding steroid dienone is 5. The van der Waals surface area contributed by atoms with Crippen LogP contribution in [0.3, 0.4) is 0 Å². The second-order valence-electron chi connectivity index (χ2n) is 8.70. The molecule has 1 aliphatic heterocycles. The summed E-state index contributed by atoms with van der Waals surface area (Å²) >= 11 is 0. The first-order valence-electron chi connectivity index (χ1n) is 12.2. The van der Waals surface area contributed by atoms with E-state index in [9.17, 15) is 4.79 Å². The van der Waals surface area contributed by atoms with E-state index in [-0.39, 0.29) is 11.9 Å². The summed E-state index contributed by atoms with van der Waals surface area (Å²) in [5.74, 6) is 1.21. The lowest BCUT2D eigenvalue weighted by Crippen LogP contribution is -2.48. The molecule has 6 nitrogen and oxygen atoms in total. The van der Waals surface area contributed by atoms with Gasteiger partial charge in [0, 0.05) is 51.0 Å². The van der Waals surface area contributed by atoms with Crippen LogP contribution in [0.1, 0.15) is 50.4 Å². The van der Waals surface area contributed by atoms with E-state index in [1.165, 1.54) is 11.1 Å². The molecule has 34 heavy (non-hydrogen) atoms. The van der Waals surface area contributed by atoms with Gasteiger partial charge in [-0.3, -0.25) is 9.69 Å². The number of piperidine rings is 1. The summed E-state index contributed by atoms with van der Waals surface area (Å²) < 4.78 is 16.0. The largest absolute Gasteiger partial charge is 0.497 e. The van der Waals surface area contributed by atoms with Gasteiger partial charge in [-0.05, 0) is 56.4 Å². The van der Waals surface area contributed by atoms with Gasteiger partial charge in [0.15, 0.2) is 0 Å². The predicted octanol–water partition coefficient (Wildman–Crippen LogP) is 5.12. The lowest BCUT2D eigenvalue weighted by molar-refractivity contribution is 0.0494. The summed E-state index contributed by atoms with van der Waals surface area (Å²) in [5.41, 5.74) is 3.18. The van der Waals surface area contributed by atoms with Crippen LogP contribution < -0.4 is 9.47 Å². The molecule has 6 heteroatoms. The highest BCUT2D eigenvalue weighted by atomic mass is 16.5. The number of carbonyl (C=O) groups excluding carboxylic acids is 1. The van der Waals surface area contributed by atoms with Gasteiger partial charge in [-0.1, -0.05) is 31.2 Å². The van der Waals surface area contributed by atoms with Crippen LogP contribution in [0.15, 0.2) is 53.6 Å². The summed E-state index contributed by atoms with van der Waals surface area (Å²) in [4.78, 5) is 17.9. The quantitative estimate of drug-likeness (QED) is 0.397. The third kappa shape index (κ3) is 8.33. The number of hydrogen-bond donors (Lipinski definition) is 0. The average Bonchev–Trinajstić information content (AvgIpc) is 2.87. The monoisotopic (exact) mass is 470 g/mol. The summed E-state index contributed by atoms with van der Waals surface area (Å²) in [6.07, 6.45) is 11.8. The standard InChI is InChI=1S/C28H42N2O4/c1-7-8-10-22(2)23(3)11-9-14-29-15-12-25(13-16-29)30(17-18-32-4)28(31)24-19-26(33-5)21-27(20-24)34-6/h8-11,19-21,25H,7,12-18H2,1-6H3/b10-8-,11-9+,23-22-. The van der Waals surface area contributed by atoms with Crippen molar-refractivity contribution in [3.63, 3.8) is 0 Å². The summed E-state index contributed by atoms with van der Waals surface area (Å²) in [7, 11) is 4.86. The lowest BCUT2D eigenvalue weighted by Gasteiger charge is -2.38. The maximum absolute atomic E-state index is 13.5. The topological polar surface area (TPSA) is 51.2 Å². The molecule has 0 bridgehead atoms. The van der Waals surface area contributed by atoms with Gasteiger partial charge in [0.2, 0.25) is 0 Å². The lowest BCUT2D eigenvalue weighted by atomic mass is 10.0. The van der Waals surface area contributed by atoms with Crippen molar-refractivity contribution in [3.8, 4) is 11.5 Å². The first-order valence-corrected chi connectivity index (χ1v) is 12.2. The minimum absolute atomic E-state index is 0.0102. The van der Waals surface area contributed by atoms with Crippen LogP contribution in [0.5, 0.6) is 11.5 Å². The van der Waals surface area contributed by atoms with Gasteiger partial charge in [0.25, 0.3) is 5.91 Å². The van der Waals surface area contributed by atoms with E-state index >= 15 is 0 Å². The van der Waals surface area contributed by atoms with Gasteiger partial charge in [-0.2, -0.15) is 0 Å². The number of hydrogen-bond acceptors (Lipinski definition) is 5. The fourth-order valence-electron chi connectivity index (χ4n) is 4.09. The number of methoxy groups -OCH3 is 3. The fourth-order valence-corrected chi connectivity index (χ4v) is 4.09. The molecule has 0 atom stereocenters. The molecule has 0 saturated carbocycles. The minimum atomic E-state index is -0.0102. The molecule has 2 rings (SSSR count). The van der Waals surface area contributed by atoms with Crippen molar-refractivity contribution in [1.82, 2.24) is 9.80 Å². The van der Waals surface area contributed by atoms with Crippen molar-refractivity contribution in [2.24, 2.45) is 0 Å². The Kier molecular flexibility index (Phi) is 11.9. The maximum atomic E-state index is 13.5. The van der Waals surface area contributed by atoms with Crippen LogP contribution in [0, 0.1) is 0 Å². The molecule has 0 N–H and O–H groups in total. The maximum Gasteiger partial charge on any atom is 0.254 e. The Balaban J connectivity index is 2.02. The van der Waals surface area contributed by atoms with E-state index in [0.29, 0.717) is 30.2 Å². The highest BCUT2D eigenvalue weighted by Gasteiger charge is 2.28. The molecular weight excluding hydrogens is 428 g/mol. The molecular formula is C28H42N2O4. The Morgan fingerprint density at radius 2 is 1.59 bits per heavy atom. The zero-order chi connectivity index (χ0) is 24.9. The minimum Gasteiger partial charge on any atom is -0.497 e. The molecule has 1 aromatic rings. The van der Waals surface area contributed by atoms with Crippen LogP contribution in [-0.4, -0.2) is 75.9 Å². The van der Waals surface area contributed by atoms with E-state index in [1.807, 2.05) is 4.90 Å². The molecule has 1 saturated heterocycles. The van der Waals surface area contributed by atoms with E-state index in [2.05, 4.69) is 50.0 Å². The SMILES string of the molecule is CC\C=C/C(C)=C(C)\C=C\CN1CCC(N(CCOC)C(=O)c2cc(OC)cc(OC)c2)CC1. The van der Waals surface area contributed by atoms with Gasteiger partial charge in [-0.25, -0.2) is 0 Å². The predicted molar refractivity (Wildman–Crippen MR) is 139 cm³/mol. The van der Waals surface area contributed by atoms with Gasteiger partial charge in [-0.15, -0.1) is 0 Å². The highest BCUT2D eigenvalue weighted by Crippen LogP contribution is 2.25. The number of carbonyl (C=O) groups is 1. The zero-order valence-electron chi connectivity index (χ0n) is 21.8. The van der Waals surface area contributed by atoms with Crippen molar-refractivity contribution in [2.75, 3.05) is 54.1 Å². The van der Waals surface area contributed by atoms with Gasteiger partial charge >= 0.3 is 0 Å². The van der Waals surface area contributed by atoms with Crippen LogP contribution in [0.25, 0.3) is 0 Å². The molecule has 188 valence electrons. The van der Waals surface area contributed by atoms with Crippen LogP contribution in [0.2, 0.25) is 0 Å². The van der Waals surface area contributed by atoms with Crippen LogP contribution >= 0.6 is 0 Å². The van der Waals surface area contributed by atoms with Gasteiger partial charge < -0.3 is 19.1 Å². The number of amides is 1. The number of nitrogens with zero attached hydrogens (tertiary/aromatic N) is 2. The van der Waals surface area contributed by atoms with Crippen molar-refractivity contribution < 1.29 is 19.0 Å². The third-order valence-corrected chi connectivity index (χ3v) is 6.35. The molecule has 0 spiro atoms. The molecule has 0 radical (unpaired) electrons. The van der Waals surface area contributed by atoms with Crippen molar-refractivity contribution in [3.05, 3.63) is 59.2 Å². The Labute approximate surface area is 205 Å². The van der Waals surface area contributed by atoms with Crippen LogP contribution in [-0.2, 0) is 4.74 Å². The molecule has 1 aliphatic rings. The van der Waals surface area contributed by atoms with E-state index in [1.54, 1.807) is 39.5 Å².